The van der Waals surface area contributed by atoms with Crippen molar-refractivity contribution in [3.05, 3.63) is 0 Å². The third-order valence-corrected chi connectivity index (χ3v) is 3.80. The molecule has 6 atom stereocenters. The summed E-state index contributed by atoms with van der Waals surface area (Å²) in [7, 11) is 1.43. The number of carboxylic acids is 1. The molecule has 9 heteroatoms. The third kappa shape index (κ3) is 2.92. The molecule has 2 saturated heterocycles. The Kier molecular flexibility index (Phi) is 4.99. The van der Waals surface area contributed by atoms with Crippen molar-refractivity contribution >= 4 is 17.9 Å². The van der Waals surface area contributed by atoms with Gasteiger partial charge >= 0.3 is 17.9 Å². The molecule has 4 unspecified atom stereocenters. The molecule has 124 valence electrons. The minimum absolute atomic E-state index is 0.0314. The van der Waals surface area contributed by atoms with Gasteiger partial charge in [0.1, 0.15) is 36.8 Å². The Morgan fingerprint density at radius 2 is 1.82 bits per heavy atom. The number of rotatable bonds is 6. The van der Waals surface area contributed by atoms with Crippen LogP contribution in [0.2, 0.25) is 0 Å². The van der Waals surface area contributed by atoms with Crippen LogP contribution in [-0.4, -0.2) is 72.9 Å². The summed E-state index contributed by atoms with van der Waals surface area (Å²) in [6, 6.07) is 0. The number of ether oxygens (including phenoxy) is 4. The summed E-state index contributed by atoms with van der Waals surface area (Å²) in [5.41, 5.74) is 0. The van der Waals surface area contributed by atoms with E-state index in [9.17, 15) is 24.6 Å². The van der Waals surface area contributed by atoms with Gasteiger partial charge in [0.25, 0.3) is 0 Å². The topological polar surface area (TPSA) is 129 Å². The Bertz CT molecular complexity index is 460. The molecule has 22 heavy (non-hydrogen) atoms. The van der Waals surface area contributed by atoms with Crippen LogP contribution in [0.1, 0.15) is 6.92 Å². The Labute approximate surface area is 126 Å². The molecule has 0 radical (unpaired) electrons. The van der Waals surface area contributed by atoms with Crippen molar-refractivity contribution in [3.63, 3.8) is 0 Å². The summed E-state index contributed by atoms with van der Waals surface area (Å²) in [6.45, 7) is 1.29. The Morgan fingerprint density at radius 1 is 1.14 bits per heavy atom. The van der Waals surface area contributed by atoms with Crippen LogP contribution in [0.5, 0.6) is 0 Å². The molecule has 2 aliphatic rings. The fraction of sp³-hybridized carbons (Fsp3) is 0.769. The van der Waals surface area contributed by atoms with Crippen molar-refractivity contribution < 1.29 is 43.5 Å². The van der Waals surface area contributed by atoms with Crippen LogP contribution in [-0.2, 0) is 33.3 Å². The van der Waals surface area contributed by atoms with E-state index < -0.39 is 54.2 Å². The highest BCUT2D eigenvalue weighted by molar-refractivity contribution is 5.83. The summed E-state index contributed by atoms with van der Waals surface area (Å²) in [5, 5.41) is 19.3. The van der Waals surface area contributed by atoms with Crippen LogP contribution >= 0.6 is 0 Å². The molecule has 9 nitrogen and oxygen atoms in total. The number of esters is 2. The van der Waals surface area contributed by atoms with E-state index in [2.05, 4.69) is 0 Å². The lowest BCUT2D eigenvalue weighted by atomic mass is 9.76. The summed E-state index contributed by atoms with van der Waals surface area (Å²) in [4.78, 5) is 34.6. The van der Waals surface area contributed by atoms with E-state index >= 15 is 0 Å². The summed E-state index contributed by atoms with van der Waals surface area (Å²) in [5.74, 6) is -5.10. The van der Waals surface area contributed by atoms with Crippen molar-refractivity contribution in [2.45, 2.75) is 31.3 Å². The number of carbonyl (C=O) groups is 3. The minimum atomic E-state index is -1.29. The number of carboxylic acid groups (broad SMARTS) is 1. The molecule has 2 bridgehead atoms. The molecule has 2 rings (SSSR count). The maximum Gasteiger partial charge on any atom is 0.312 e. The third-order valence-electron chi connectivity index (χ3n) is 3.80. The van der Waals surface area contributed by atoms with Crippen molar-refractivity contribution in [2.24, 2.45) is 11.8 Å². The summed E-state index contributed by atoms with van der Waals surface area (Å²) in [6.07, 6.45) is -4.54. The quantitative estimate of drug-likeness (QED) is 0.447. The lowest BCUT2D eigenvalue weighted by Crippen LogP contribution is -2.53. The van der Waals surface area contributed by atoms with Crippen LogP contribution in [0.3, 0.4) is 0 Å². The zero-order valence-corrected chi connectivity index (χ0v) is 12.1. The zero-order chi connectivity index (χ0) is 16.4. The average Bonchev–Trinajstić information content (AvgIpc) is 2.96. The standard InChI is InChI=1S/C13H18O9/c1-5(14)21-11-8(15)9-6(12(16)17)7(10(11)22-9)13(18)20-4-3-19-2/h6-11,15H,3-4H2,1-2H3,(H,16,17)/t6?,7?,8-,9+,10?,11?/m1/s1. The molecule has 0 amide bonds. The summed E-state index contributed by atoms with van der Waals surface area (Å²) >= 11 is 0. The molecule has 2 heterocycles. The molecule has 0 aromatic heterocycles. The Balaban J connectivity index is 2.16. The molecule has 2 N–H and O–H groups in total. The van der Waals surface area contributed by atoms with Gasteiger partial charge in [-0.25, -0.2) is 0 Å². The van der Waals surface area contributed by atoms with E-state index in [1.807, 2.05) is 0 Å². The van der Waals surface area contributed by atoms with E-state index in [4.69, 9.17) is 18.9 Å². The van der Waals surface area contributed by atoms with Gasteiger partial charge in [-0.15, -0.1) is 0 Å². The van der Waals surface area contributed by atoms with Gasteiger partial charge in [0.15, 0.2) is 6.10 Å². The maximum atomic E-state index is 12.1. The van der Waals surface area contributed by atoms with Crippen LogP contribution in [0.25, 0.3) is 0 Å². The smallest absolute Gasteiger partial charge is 0.312 e. The number of hydrogen-bond donors (Lipinski definition) is 2. The van der Waals surface area contributed by atoms with E-state index in [-0.39, 0.29) is 13.2 Å². The number of methoxy groups -OCH3 is 1. The maximum absolute atomic E-state index is 12.1. The number of fused-ring (bicyclic) bond motifs is 2. The molecule has 2 aliphatic heterocycles. The first kappa shape index (κ1) is 16.7. The number of aliphatic carboxylic acids is 1. The highest BCUT2D eigenvalue weighted by Crippen LogP contribution is 2.45. The highest BCUT2D eigenvalue weighted by Gasteiger charge is 2.66. The second kappa shape index (κ2) is 6.59. The average molecular weight is 318 g/mol. The van der Waals surface area contributed by atoms with Gasteiger partial charge in [-0.05, 0) is 0 Å². The van der Waals surface area contributed by atoms with Crippen LogP contribution < -0.4 is 0 Å². The van der Waals surface area contributed by atoms with Crippen LogP contribution in [0.15, 0.2) is 0 Å². The number of aliphatic hydroxyl groups excluding tert-OH is 1. The largest absolute Gasteiger partial charge is 0.481 e. The number of carbonyl (C=O) groups excluding carboxylic acids is 2. The van der Waals surface area contributed by atoms with Gasteiger partial charge in [0.05, 0.1) is 6.61 Å². The predicted molar refractivity (Wildman–Crippen MR) is 67.7 cm³/mol. The highest BCUT2D eigenvalue weighted by atomic mass is 16.6. The van der Waals surface area contributed by atoms with E-state index in [1.54, 1.807) is 0 Å². The van der Waals surface area contributed by atoms with Crippen molar-refractivity contribution in [1.82, 2.24) is 0 Å². The molecule has 2 fully saturated rings. The van der Waals surface area contributed by atoms with Crippen molar-refractivity contribution in [3.8, 4) is 0 Å². The van der Waals surface area contributed by atoms with Gasteiger partial charge in [-0.1, -0.05) is 0 Å². The Morgan fingerprint density at radius 3 is 2.36 bits per heavy atom. The molecular weight excluding hydrogens is 300 g/mol. The van der Waals surface area contributed by atoms with Crippen molar-refractivity contribution in [1.29, 1.82) is 0 Å². The van der Waals surface area contributed by atoms with Crippen LogP contribution in [0, 0.1) is 11.8 Å². The second-order valence-corrected chi connectivity index (χ2v) is 5.18. The first-order valence-electron chi connectivity index (χ1n) is 6.77. The SMILES string of the molecule is COCCOC(=O)C1C2O[C@@H](C1C(=O)O)[C@@H](O)C2OC(C)=O. The predicted octanol–water partition coefficient (Wildman–Crippen LogP) is -1.43. The molecule has 0 aromatic carbocycles. The van der Waals surface area contributed by atoms with Crippen molar-refractivity contribution in [2.75, 3.05) is 20.3 Å². The normalized spacial score (nSPS) is 36.1. The number of aliphatic hydroxyl groups is 1. The fourth-order valence-electron chi connectivity index (χ4n) is 2.94. The molecular formula is C13H18O9. The lowest BCUT2D eigenvalue weighted by molar-refractivity contribution is -0.170. The van der Waals surface area contributed by atoms with Gasteiger partial charge in [-0.2, -0.15) is 0 Å². The van der Waals surface area contributed by atoms with Crippen LogP contribution in [0.4, 0.5) is 0 Å². The molecule has 0 spiro atoms. The van der Waals surface area contributed by atoms with E-state index in [0.29, 0.717) is 0 Å². The first-order valence-corrected chi connectivity index (χ1v) is 6.77. The second-order valence-electron chi connectivity index (χ2n) is 5.18. The monoisotopic (exact) mass is 318 g/mol. The van der Waals surface area contributed by atoms with Gasteiger partial charge in [-0.3, -0.25) is 14.4 Å². The van der Waals surface area contributed by atoms with E-state index in [1.165, 1.54) is 7.11 Å². The summed E-state index contributed by atoms with van der Waals surface area (Å²) < 4.78 is 20.0. The zero-order valence-electron chi connectivity index (χ0n) is 12.1. The van der Waals surface area contributed by atoms with Gasteiger partial charge < -0.3 is 29.2 Å². The number of hydrogen-bond acceptors (Lipinski definition) is 8. The Hall–Kier alpha value is -1.71. The fourth-order valence-corrected chi connectivity index (χ4v) is 2.94. The molecule has 0 aliphatic carbocycles. The first-order chi connectivity index (χ1) is 10.4. The van der Waals surface area contributed by atoms with Gasteiger partial charge in [0, 0.05) is 14.0 Å². The van der Waals surface area contributed by atoms with Gasteiger partial charge in [0.2, 0.25) is 0 Å². The molecule has 0 saturated carbocycles. The van der Waals surface area contributed by atoms with E-state index in [0.717, 1.165) is 6.92 Å². The lowest BCUT2D eigenvalue weighted by Gasteiger charge is -2.31. The minimum Gasteiger partial charge on any atom is -0.481 e. The molecule has 0 aromatic rings.